The van der Waals surface area contributed by atoms with Crippen LogP contribution in [-0.4, -0.2) is 49.0 Å². The molecule has 20 heavy (non-hydrogen) atoms. The largest absolute Gasteiger partial charge is 0.347 e. The van der Waals surface area contributed by atoms with Crippen LogP contribution in [0, 0.1) is 0 Å². The lowest BCUT2D eigenvalue weighted by molar-refractivity contribution is -0.127. The normalized spacial score (nSPS) is 18.1. The molecule has 1 aromatic heterocycles. The Morgan fingerprint density at radius 3 is 3.00 bits per heavy atom. The molecule has 0 bridgehead atoms. The molecule has 5 nitrogen and oxygen atoms in total. The first-order valence-corrected chi connectivity index (χ1v) is 7.30. The van der Waals surface area contributed by atoms with Crippen molar-refractivity contribution in [2.75, 3.05) is 38.1 Å². The number of nitrogens with one attached hydrogen (secondary N) is 1. The Morgan fingerprint density at radius 2 is 2.25 bits per heavy atom. The quantitative estimate of drug-likeness (QED) is 0.903. The van der Waals surface area contributed by atoms with Crippen molar-refractivity contribution in [2.45, 2.75) is 26.3 Å². The third-order valence-electron chi connectivity index (χ3n) is 3.78. The first kappa shape index (κ1) is 14.8. The van der Waals surface area contributed by atoms with E-state index >= 15 is 0 Å². The Balaban J connectivity index is 2.15. The van der Waals surface area contributed by atoms with Gasteiger partial charge >= 0.3 is 0 Å². The summed E-state index contributed by atoms with van der Waals surface area (Å²) in [5.74, 6) is 1.06. The van der Waals surface area contributed by atoms with Gasteiger partial charge in [0.25, 0.3) is 0 Å². The Hall–Kier alpha value is -1.62. The van der Waals surface area contributed by atoms with Gasteiger partial charge in [0, 0.05) is 32.4 Å². The first-order valence-electron chi connectivity index (χ1n) is 7.30. The summed E-state index contributed by atoms with van der Waals surface area (Å²) in [4.78, 5) is 20.3. The van der Waals surface area contributed by atoms with Crippen LogP contribution in [-0.2, 0) is 4.79 Å². The van der Waals surface area contributed by atoms with Crippen LogP contribution in [0.4, 0.5) is 5.82 Å². The summed E-state index contributed by atoms with van der Waals surface area (Å²) in [7, 11) is 1.86. The maximum Gasteiger partial charge on any atom is 0.241 e. The van der Waals surface area contributed by atoms with Crippen LogP contribution in [0.3, 0.4) is 0 Å². The third-order valence-corrected chi connectivity index (χ3v) is 3.78. The number of amides is 1. The van der Waals surface area contributed by atoms with Crippen molar-refractivity contribution < 1.29 is 4.79 Å². The van der Waals surface area contributed by atoms with E-state index in [9.17, 15) is 4.79 Å². The molecule has 1 unspecified atom stereocenters. The topological polar surface area (TPSA) is 48.5 Å². The first-order chi connectivity index (χ1) is 9.61. The van der Waals surface area contributed by atoms with Crippen LogP contribution >= 0.6 is 0 Å². The maximum atomic E-state index is 12.0. The average molecular weight is 276 g/mol. The van der Waals surface area contributed by atoms with Crippen molar-refractivity contribution in [2.24, 2.45) is 0 Å². The standard InChI is InChI=1S/C15H24N4O/c1-4-16-12(2)13-6-7-17-14(10-13)19-9-5-8-18(3)15(20)11-19/h6-7,10,12,16H,4-5,8-9,11H2,1-3H3. The molecule has 1 aliphatic heterocycles. The molecular formula is C15H24N4O. The van der Waals surface area contributed by atoms with Gasteiger partial charge in [0.15, 0.2) is 0 Å². The minimum absolute atomic E-state index is 0.162. The highest BCUT2D eigenvalue weighted by molar-refractivity contribution is 5.81. The highest BCUT2D eigenvalue weighted by atomic mass is 16.2. The van der Waals surface area contributed by atoms with Crippen LogP contribution in [0.2, 0.25) is 0 Å². The zero-order chi connectivity index (χ0) is 14.5. The number of pyridine rings is 1. The van der Waals surface area contributed by atoms with Gasteiger partial charge in [-0.3, -0.25) is 4.79 Å². The zero-order valence-corrected chi connectivity index (χ0v) is 12.6. The highest BCUT2D eigenvalue weighted by Crippen LogP contribution is 2.19. The van der Waals surface area contributed by atoms with E-state index in [4.69, 9.17) is 0 Å². The maximum absolute atomic E-state index is 12.0. The second-order valence-corrected chi connectivity index (χ2v) is 5.32. The van der Waals surface area contributed by atoms with Crippen molar-refractivity contribution in [1.29, 1.82) is 0 Å². The second-order valence-electron chi connectivity index (χ2n) is 5.32. The Labute approximate surface area is 121 Å². The summed E-state index contributed by atoms with van der Waals surface area (Å²) >= 11 is 0. The van der Waals surface area contributed by atoms with E-state index in [1.807, 2.05) is 19.3 Å². The molecule has 0 spiro atoms. The van der Waals surface area contributed by atoms with Crippen molar-refractivity contribution in [3.8, 4) is 0 Å². The SMILES string of the molecule is CCNC(C)c1ccnc(N2CCCN(C)C(=O)C2)c1. The number of likely N-dealkylation sites (N-methyl/N-ethyl adjacent to an activating group) is 1. The number of rotatable bonds is 4. The molecule has 1 atom stereocenters. The molecule has 2 heterocycles. The highest BCUT2D eigenvalue weighted by Gasteiger charge is 2.20. The molecule has 2 rings (SSSR count). The van der Waals surface area contributed by atoms with Gasteiger partial charge in [-0.25, -0.2) is 4.98 Å². The van der Waals surface area contributed by atoms with E-state index in [2.05, 4.69) is 35.1 Å². The monoisotopic (exact) mass is 276 g/mol. The van der Waals surface area contributed by atoms with Crippen molar-refractivity contribution >= 4 is 11.7 Å². The van der Waals surface area contributed by atoms with E-state index < -0.39 is 0 Å². The van der Waals surface area contributed by atoms with E-state index in [0.29, 0.717) is 12.6 Å². The minimum Gasteiger partial charge on any atom is -0.347 e. The number of hydrogen-bond donors (Lipinski definition) is 1. The van der Waals surface area contributed by atoms with Gasteiger partial charge in [-0.05, 0) is 37.6 Å². The van der Waals surface area contributed by atoms with Gasteiger partial charge < -0.3 is 15.1 Å². The van der Waals surface area contributed by atoms with Gasteiger partial charge in [-0.15, -0.1) is 0 Å². The predicted octanol–water partition coefficient (Wildman–Crippen LogP) is 1.42. The number of nitrogens with zero attached hydrogens (tertiary/aromatic N) is 3. The van der Waals surface area contributed by atoms with Gasteiger partial charge in [0.05, 0.1) is 6.54 Å². The molecule has 1 N–H and O–H groups in total. The third kappa shape index (κ3) is 3.48. The fraction of sp³-hybridized carbons (Fsp3) is 0.600. The summed E-state index contributed by atoms with van der Waals surface area (Å²) < 4.78 is 0. The Kier molecular flexibility index (Phi) is 4.95. The molecule has 1 aliphatic rings. The van der Waals surface area contributed by atoms with E-state index in [0.717, 1.165) is 31.9 Å². The molecule has 0 aromatic carbocycles. The van der Waals surface area contributed by atoms with Gasteiger partial charge in [0.2, 0.25) is 5.91 Å². The van der Waals surface area contributed by atoms with E-state index in [-0.39, 0.29) is 5.91 Å². The van der Waals surface area contributed by atoms with Crippen molar-refractivity contribution in [3.05, 3.63) is 23.9 Å². The van der Waals surface area contributed by atoms with Gasteiger partial charge in [-0.2, -0.15) is 0 Å². The van der Waals surface area contributed by atoms with Crippen LogP contribution < -0.4 is 10.2 Å². The van der Waals surface area contributed by atoms with Crippen LogP contribution in [0.5, 0.6) is 0 Å². The van der Waals surface area contributed by atoms with Crippen LogP contribution in [0.25, 0.3) is 0 Å². The number of carbonyl (C=O) groups is 1. The van der Waals surface area contributed by atoms with E-state index in [1.165, 1.54) is 5.56 Å². The van der Waals surface area contributed by atoms with Crippen molar-refractivity contribution in [3.63, 3.8) is 0 Å². The fourth-order valence-electron chi connectivity index (χ4n) is 2.48. The van der Waals surface area contributed by atoms with Gasteiger partial charge in [0.1, 0.15) is 5.82 Å². The Bertz CT molecular complexity index is 463. The molecule has 1 fully saturated rings. The minimum atomic E-state index is 0.162. The summed E-state index contributed by atoms with van der Waals surface area (Å²) in [5.41, 5.74) is 1.21. The molecule has 5 heteroatoms. The van der Waals surface area contributed by atoms with Crippen LogP contribution in [0.1, 0.15) is 31.9 Å². The summed E-state index contributed by atoms with van der Waals surface area (Å²) in [6.45, 7) is 7.30. The van der Waals surface area contributed by atoms with Crippen molar-refractivity contribution in [1.82, 2.24) is 15.2 Å². The molecule has 1 amide bonds. The lowest BCUT2D eigenvalue weighted by Gasteiger charge is -2.22. The molecule has 1 saturated heterocycles. The smallest absolute Gasteiger partial charge is 0.241 e. The number of carbonyl (C=O) groups excluding carboxylic acids is 1. The predicted molar refractivity (Wildman–Crippen MR) is 80.8 cm³/mol. The summed E-state index contributed by atoms with van der Waals surface area (Å²) in [5, 5.41) is 3.40. The average Bonchev–Trinajstić information content (AvgIpc) is 2.62. The molecule has 0 saturated carbocycles. The Morgan fingerprint density at radius 1 is 1.45 bits per heavy atom. The number of anilines is 1. The molecule has 110 valence electrons. The number of aromatic nitrogens is 1. The van der Waals surface area contributed by atoms with Crippen LogP contribution in [0.15, 0.2) is 18.3 Å². The number of hydrogen-bond acceptors (Lipinski definition) is 4. The molecule has 1 aromatic rings. The van der Waals surface area contributed by atoms with Gasteiger partial charge in [-0.1, -0.05) is 6.92 Å². The zero-order valence-electron chi connectivity index (χ0n) is 12.6. The summed E-state index contributed by atoms with van der Waals surface area (Å²) in [6, 6.07) is 4.42. The second kappa shape index (κ2) is 6.70. The molecule has 0 radical (unpaired) electrons. The van der Waals surface area contributed by atoms with E-state index in [1.54, 1.807) is 4.90 Å². The summed E-state index contributed by atoms with van der Waals surface area (Å²) in [6.07, 6.45) is 2.81. The lowest BCUT2D eigenvalue weighted by Crippen LogP contribution is -2.34. The fourth-order valence-corrected chi connectivity index (χ4v) is 2.48. The molecule has 0 aliphatic carbocycles. The molecular weight excluding hydrogens is 252 g/mol. The lowest BCUT2D eigenvalue weighted by atomic mass is 10.1.